The second kappa shape index (κ2) is 8.50. The molecule has 0 aromatic carbocycles. The van der Waals surface area contributed by atoms with E-state index in [2.05, 4.69) is 23.3 Å². The molecule has 0 saturated heterocycles. The summed E-state index contributed by atoms with van der Waals surface area (Å²) in [5.41, 5.74) is 1.16. The van der Waals surface area contributed by atoms with Gasteiger partial charge in [0, 0.05) is 18.3 Å². The van der Waals surface area contributed by atoms with E-state index in [9.17, 15) is 0 Å². The maximum atomic E-state index is 4.52. The van der Waals surface area contributed by atoms with Gasteiger partial charge in [0.1, 0.15) is 5.82 Å². The largest absolute Gasteiger partial charge is 1.00 e. The van der Waals surface area contributed by atoms with Crippen molar-refractivity contribution in [1.82, 2.24) is 9.97 Å². The molecule has 2 aliphatic rings. The van der Waals surface area contributed by atoms with Gasteiger partial charge in [-0.2, -0.15) is 12.8 Å². The fraction of sp³-hybridized carbons (Fsp3) is 0.706. The summed E-state index contributed by atoms with van der Waals surface area (Å²) in [7, 11) is 0. The van der Waals surface area contributed by atoms with E-state index < -0.39 is 0 Å². The first-order chi connectivity index (χ1) is 9.33. The fourth-order valence-corrected chi connectivity index (χ4v) is 3.89. The van der Waals surface area contributed by atoms with E-state index in [1.54, 1.807) is 0 Å². The van der Waals surface area contributed by atoms with Gasteiger partial charge in [0.25, 0.3) is 0 Å². The fourth-order valence-electron chi connectivity index (χ4n) is 3.89. The van der Waals surface area contributed by atoms with Crippen LogP contribution in [0.5, 0.6) is 0 Å². The van der Waals surface area contributed by atoms with Crippen LogP contribution in [0.4, 0.5) is 0 Å². The molecule has 0 unspecified atom stereocenters. The van der Waals surface area contributed by atoms with Gasteiger partial charge in [-0.1, -0.05) is 12.8 Å². The van der Waals surface area contributed by atoms with Gasteiger partial charge in [-0.25, -0.2) is 9.97 Å². The van der Waals surface area contributed by atoms with Gasteiger partial charge in [-0.05, 0) is 50.0 Å². The Kier molecular flexibility index (Phi) is 7.33. The van der Waals surface area contributed by atoms with Crippen molar-refractivity contribution in [3.63, 3.8) is 0 Å². The van der Waals surface area contributed by atoms with Crippen molar-refractivity contribution in [2.45, 2.75) is 64.2 Å². The molecular formula is C17H25N2Rb. The van der Waals surface area contributed by atoms with Crippen molar-refractivity contribution in [1.29, 1.82) is 0 Å². The van der Waals surface area contributed by atoms with Crippen LogP contribution < -0.4 is 58.2 Å². The summed E-state index contributed by atoms with van der Waals surface area (Å²) in [4.78, 5) is 9.05. The van der Waals surface area contributed by atoms with Crippen molar-refractivity contribution in [3.8, 4) is 0 Å². The van der Waals surface area contributed by atoms with Crippen LogP contribution in [-0.2, 0) is 0 Å². The first-order valence-corrected chi connectivity index (χ1v) is 7.93. The zero-order valence-electron chi connectivity index (χ0n) is 13.0. The van der Waals surface area contributed by atoms with Crippen molar-refractivity contribution < 1.29 is 58.2 Å². The smallest absolute Gasteiger partial charge is 0.328 e. The first kappa shape index (κ1) is 17.2. The number of hydrogen-bond acceptors (Lipinski definition) is 2. The molecule has 2 saturated carbocycles. The standard InChI is InChI=1S/C17H25N2.Rb/c1-13-11-18-17(19-12-13)16-9-7-15(8-10-16)14-5-3-2-4-6-14;/h2,11-12,14-16H,3-10H2,1H3;/q-1;+1. The Morgan fingerprint density at radius 1 is 0.900 bits per heavy atom. The Morgan fingerprint density at radius 2 is 1.45 bits per heavy atom. The van der Waals surface area contributed by atoms with Crippen LogP contribution in [0.1, 0.15) is 68.7 Å². The summed E-state index contributed by atoms with van der Waals surface area (Å²) in [6.45, 7) is 2.06. The first-order valence-electron chi connectivity index (χ1n) is 7.93. The Balaban J connectivity index is 0.00000147. The normalized spacial score (nSPS) is 27.9. The molecule has 1 aromatic rings. The third kappa shape index (κ3) is 4.44. The third-order valence-electron chi connectivity index (χ3n) is 5.09. The molecule has 0 aliphatic heterocycles. The molecule has 0 radical (unpaired) electrons. The van der Waals surface area contributed by atoms with Crippen LogP contribution in [0.2, 0.25) is 0 Å². The second-order valence-electron chi connectivity index (χ2n) is 6.43. The van der Waals surface area contributed by atoms with E-state index in [0.717, 1.165) is 23.2 Å². The molecular weight excluding hydrogens is 318 g/mol. The molecule has 3 rings (SSSR count). The van der Waals surface area contributed by atoms with Crippen molar-refractivity contribution in [2.75, 3.05) is 0 Å². The predicted octanol–water partition coefficient (Wildman–Crippen LogP) is 1.46. The zero-order valence-corrected chi connectivity index (χ0v) is 17.9. The van der Waals surface area contributed by atoms with Crippen LogP contribution in [0, 0.1) is 25.2 Å². The number of nitrogens with zero attached hydrogens (tertiary/aromatic N) is 2. The van der Waals surface area contributed by atoms with Gasteiger partial charge in [-0.3, -0.25) is 0 Å². The minimum Gasteiger partial charge on any atom is -0.328 e. The SMILES string of the molecule is Cc1cnc(C2CCC(C3CC[CH-]CC3)CC2)nc1.[Rb+]. The molecule has 0 amide bonds. The number of aryl methyl sites for hydroxylation is 1. The summed E-state index contributed by atoms with van der Waals surface area (Å²) >= 11 is 0. The molecule has 3 heteroatoms. The molecule has 2 fully saturated rings. The van der Waals surface area contributed by atoms with Gasteiger partial charge < -0.3 is 6.42 Å². The maximum absolute atomic E-state index is 4.52. The van der Waals surface area contributed by atoms with Crippen LogP contribution in [0.3, 0.4) is 0 Å². The summed E-state index contributed by atoms with van der Waals surface area (Å²) < 4.78 is 0. The van der Waals surface area contributed by atoms with Crippen LogP contribution in [0.25, 0.3) is 0 Å². The number of hydrogen-bond donors (Lipinski definition) is 0. The molecule has 1 heterocycles. The predicted molar refractivity (Wildman–Crippen MR) is 77.7 cm³/mol. The van der Waals surface area contributed by atoms with Crippen molar-refractivity contribution in [2.24, 2.45) is 11.8 Å². The monoisotopic (exact) mass is 342 g/mol. The minimum absolute atomic E-state index is 0. The Hall–Kier alpha value is 0.885. The number of aromatic nitrogens is 2. The van der Waals surface area contributed by atoms with E-state index in [-0.39, 0.29) is 58.2 Å². The average molecular weight is 343 g/mol. The molecule has 0 spiro atoms. The molecule has 0 atom stereocenters. The molecule has 0 N–H and O–H groups in total. The maximum Gasteiger partial charge on any atom is 1.00 e. The van der Waals surface area contributed by atoms with Crippen molar-refractivity contribution >= 4 is 0 Å². The summed E-state index contributed by atoms with van der Waals surface area (Å²) in [5.74, 6) is 3.69. The molecule has 20 heavy (non-hydrogen) atoms. The summed E-state index contributed by atoms with van der Waals surface area (Å²) in [5, 5.41) is 0. The van der Waals surface area contributed by atoms with Crippen LogP contribution in [0.15, 0.2) is 12.4 Å². The zero-order chi connectivity index (χ0) is 13.1. The topological polar surface area (TPSA) is 25.8 Å². The molecule has 2 aliphatic carbocycles. The minimum atomic E-state index is 0. The average Bonchev–Trinajstić information content (AvgIpc) is 2.49. The van der Waals surface area contributed by atoms with Crippen LogP contribution in [-0.4, -0.2) is 9.97 Å². The molecule has 1 aromatic heterocycles. The van der Waals surface area contributed by atoms with Gasteiger partial charge in [-0.15, -0.1) is 0 Å². The van der Waals surface area contributed by atoms with E-state index in [1.165, 1.54) is 51.4 Å². The molecule has 2 nitrogen and oxygen atoms in total. The Morgan fingerprint density at radius 3 is 2.05 bits per heavy atom. The Bertz CT molecular complexity index is 390. The summed E-state index contributed by atoms with van der Waals surface area (Å²) in [6, 6.07) is 0. The van der Waals surface area contributed by atoms with Gasteiger partial charge in [0.05, 0.1) is 0 Å². The molecule has 104 valence electrons. The van der Waals surface area contributed by atoms with E-state index in [4.69, 9.17) is 0 Å². The Labute approximate surface area is 172 Å². The van der Waals surface area contributed by atoms with E-state index in [1.807, 2.05) is 12.4 Å². The quantitative estimate of drug-likeness (QED) is 0.760. The van der Waals surface area contributed by atoms with Gasteiger partial charge >= 0.3 is 58.2 Å². The van der Waals surface area contributed by atoms with Crippen LogP contribution >= 0.6 is 0 Å². The number of rotatable bonds is 2. The van der Waals surface area contributed by atoms with E-state index >= 15 is 0 Å². The van der Waals surface area contributed by atoms with Gasteiger partial charge in [0.15, 0.2) is 0 Å². The second-order valence-corrected chi connectivity index (χ2v) is 6.43. The third-order valence-corrected chi connectivity index (χ3v) is 5.09. The molecule has 0 bridgehead atoms. The van der Waals surface area contributed by atoms with Gasteiger partial charge in [0.2, 0.25) is 0 Å². The summed E-state index contributed by atoms with van der Waals surface area (Å²) in [6.07, 6.45) is 17.4. The van der Waals surface area contributed by atoms with Crippen molar-refractivity contribution in [3.05, 3.63) is 30.2 Å². The van der Waals surface area contributed by atoms with E-state index in [0.29, 0.717) is 5.92 Å².